The number of aromatic nitrogens is 4. The lowest BCUT2D eigenvalue weighted by Gasteiger charge is -1.89. The Labute approximate surface area is 113 Å². The summed E-state index contributed by atoms with van der Waals surface area (Å²) in [6.45, 7) is 0. The lowest BCUT2D eigenvalue weighted by molar-refractivity contribution is 1.03. The van der Waals surface area contributed by atoms with Gasteiger partial charge in [-0.05, 0) is 36.0 Å². The van der Waals surface area contributed by atoms with Gasteiger partial charge in [0.1, 0.15) is 0 Å². The minimum atomic E-state index is 0.847. The number of nitrogens with zero attached hydrogens (tertiary/aromatic N) is 2. The number of fused-ring (bicyclic) bond motifs is 2. The van der Waals surface area contributed by atoms with E-state index in [1.54, 1.807) is 0 Å². The average molecular weight is 266 g/mol. The summed E-state index contributed by atoms with van der Waals surface area (Å²) in [5.74, 6) is 0. The lowest BCUT2D eigenvalue weighted by atomic mass is 10.3. The Bertz CT molecular complexity index is 724. The number of hydrogen-bond donors (Lipinski definition) is 2. The number of hydrogen-bond acceptors (Lipinski definition) is 3. The molecule has 0 aliphatic heterocycles. The minimum Gasteiger partial charge on any atom is -0.333 e. The largest absolute Gasteiger partial charge is 0.333 e. The van der Waals surface area contributed by atoms with Crippen LogP contribution in [0.3, 0.4) is 0 Å². The molecule has 0 fully saturated rings. The molecule has 0 spiro atoms. The lowest BCUT2D eigenvalue weighted by Crippen LogP contribution is -1.77. The van der Waals surface area contributed by atoms with Crippen LogP contribution in [0.15, 0.2) is 58.8 Å². The van der Waals surface area contributed by atoms with Gasteiger partial charge >= 0.3 is 0 Å². The first-order valence-corrected chi connectivity index (χ1v) is 6.77. The third-order valence-electron chi connectivity index (χ3n) is 2.93. The van der Waals surface area contributed by atoms with Gasteiger partial charge in [-0.1, -0.05) is 24.3 Å². The van der Waals surface area contributed by atoms with Crippen molar-refractivity contribution in [3.8, 4) is 0 Å². The van der Waals surface area contributed by atoms with Crippen molar-refractivity contribution in [3.05, 3.63) is 48.5 Å². The van der Waals surface area contributed by atoms with Crippen LogP contribution in [0, 0.1) is 0 Å². The molecule has 2 N–H and O–H groups in total. The number of rotatable bonds is 2. The molecular formula is C14H10N4S. The first-order chi connectivity index (χ1) is 9.38. The van der Waals surface area contributed by atoms with Crippen LogP contribution >= 0.6 is 11.8 Å². The molecule has 0 aliphatic rings. The molecule has 19 heavy (non-hydrogen) atoms. The Morgan fingerprint density at radius 2 is 1.16 bits per heavy atom. The Morgan fingerprint density at radius 3 is 1.63 bits per heavy atom. The van der Waals surface area contributed by atoms with Gasteiger partial charge in [0.05, 0.1) is 22.1 Å². The second-order valence-corrected chi connectivity index (χ2v) is 5.20. The van der Waals surface area contributed by atoms with E-state index in [0.717, 1.165) is 32.4 Å². The van der Waals surface area contributed by atoms with E-state index < -0.39 is 0 Å². The zero-order valence-electron chi connectivity index (χ0n) is 9.92. The monoisotopic (exact) mass is 266 g/mol. The summed E-state index contributed by atoms with van der Waals surface area (Å²) < 4.78 is 0. The van der Waals surface area contributed by atoms with Gasteiger partial charge in [-0.3, -0.25) is 0 Å². The van der Waals surface area contributed by atoms with Gasteiger partial charge in [0.2, 0.25) is 0 Å². The van der Waals surface area contributed by atoms with Crippen molar-refractivity contribution in [1.29, 1.82) is 0 Å². The first kappa shape index (κ1) is 10.6. The average Bonchev–Trinajstić information content (AvgIpc) is 3.00. The normalized spacial score (nSPS) is 11.4. The van der Waals surface area contributed by atoms with Gasteiger partial charge in [0.25, 0.3) is 0 Å². The van der Waals surface area contributed by atoms with Crippen LogP contribution < -0.4 is 0 Å². The summed E-state index contributed by atoms with van der Waals surface area (Å²) in [5, 5.41) is 1.69. The van der Waals surface area contributed by atoms with Gasteiger partial charge in [0, 0.05) is 0 Å². The highest BCUT2D eigenvalue weighted by molar-refractivity contribution is 7.99. The second-order valence-electron chi connectivity index (χ2n) is 4.22. The highest BCUT2D eigenvalue weighted by Gasteiger charge is 2.07. The van der Waals surface area contributed by atoms with Crippen LogP contribution in [0.2, 0.25) is 0 Å². The molecule has 0 bridgehead atoms. The predicted octanol–water partition coefficient (Wildman–Crippen LogP) is 3.59. The van der Waals surface area contributed by atoms with E-state index in [1.807, 2.05) is 48.5 Å². The van der Waals surface area contributed by atoms with Crippen LogP contribution in [-0.2, 0) is 0 Å². The number of aromatic amines is 2. The van der Waals surface area contributed by atoms with Crippen LogP contribution in [0.1, 0.15) is 0 Å². The van der Waals surface area contributed by atoms with Crippen molar-refractivity contribution < 1.29 is 0 Å². The smallest absolute Gasteiger partial charge is 0.174 e. The van der Waals surface area contributed by atoms with Gasteiger partial charge < -0.3 is 9.97 Å². The van der Waals surface area contributed by atoms with Crippen LogP contribution in [-0.4, -0.2) is 19.9 Å². The molecule has 2 aromatic heterocycles. The van der Waals surface area contributed by atoms with E-state index in [4.69, 9.17) is 0 Å². The standard InChI is InChI=1S/C14H10N4S/c1-2-6-10-9(5-1)15-13(16-10)19-14-17-11-7-3-4-8-12(11)18-14/h1-8H,(H,15,16)(H,17,18). The van der Waals surface area contributed by atoms with Crippen molar-refractivity contribution in [3.63, 3.8) is 0 Å². The number of imidazole rings is 2. The van der Waals surface area contributed by atoms with Crippen molar-refractivity contribution >= 4 is 33.8 Å². The topological polar surface area (TPSA) is 57.4 Å². The predicted molar refractivity (Wildman–Crippen MR) is 76.3 cm³/mol. The molecule has 2 heterocycles. The molecule has 0 unspecified atom stereocenters. The molecule has 0 aliphatic carbocycles. The molecule has 0 atom stereocenters. The number of benzene rings is 2. The third kappa shape index (κ3) is 1.88. The summed E-state index contributed by atoms with van der Waals surface area (Å²) in [4.78, 5) is 15.6. The fourth-order valence-electron chi connectivity index (χ4n) is 2.05. The van der Waals surface area contributed by atoms with E-state index in [2.05, 4.69) is 19.9 Å². The summed E-state index contributed by atoms with van der Waals surface area (Å²) >= 11 is 1.51. The van der Waals surface area contributed by atoms with Crippen LogP contribution in [0.25, 0.3) is 22.1 Å². The summed E-state index contributed by atoms with van der Waals surface area (Å²) in [6.07, 6.45) is 0. The van der Waals surface area contributed by atoms with Gasteiger partial charge in [0.15, 0.2) is 10.3 Å². The fourth-order valence-corrected chi connectivity index (χ4v) is 2.84. The molecule has 4 aromatic rings. The van der Waals surface area contributed by atoms with Crippen molar-refractivity contribution in [2.24, 2.45) is 0 Å². The molecule has 4 rings (SSSR count). The third-order valence-corrected chi connectivity index (χ3v) is 3.70. The van der Waals surface area contributed by atoms with E-state index in [1.165, 1.54) is 11.8 Å². The molecule has 2 aromatic carbocycles. The van der Waals surface area contributed by atoms with Gasteiger partial charge in [-0.15, -0.1) is 0 Å². The van der Waals surface area contributed by atoms with Crippen molar-refractivity contribution in [1.82, 2.24) is 19.9 Å². The highest BCUT2D eigenvalue weighted by atomic mass is 32.2. The number of nitrogens with one attached hydrogen (secondary N) is 2. The zero-order valence-corrected chi connectivity index (χ0v) is 10.7. The number of para-hydroxylation sites is 4. The highest BCUT2D eigenvalue weighted by Crippen LogP contribution is 2.26. The van der Waals surface area contributed by atoms with E-state index in [9.17, 15) is 0 Å². The SMILES string of the molecule is c1ccc2[nH]c(Sc3nc4ccccc4[nH]3)nc2c1. The maximum absolute atomic E-state index is 4.53. The molecule has 92 valence electrons. The van der Waals surface area contributed by atoms with Crippen molar-refractivity contribution in [2.45, 2.75) is 10.3 Å². The summed E-state index contributed by atoms with van der Waals surface area (Å²) in [7, 11) is 0. The molecule has 0 amide bonds. The first-order valence-electron chi connectivity index (χ1n) is 5.96. The fraction of sp³-hybridized carbons (Fsp3) is 0. The number of H-pyrrole nitrogens is 2. The van der Waals surface area contributed by atoms with Gasteiger partial charge in [-0.25, -0.2) is 9.97 Å². The van der Waals surface area contributed by atoms with Crippen LogP contribution in [0.5, 0.6) is 0 Å². The molecule has 0 saturated carbocycles. The van der Waals surface area contributed by atoms with E-state index in [-0.39, 0.29) is 0 Å². The summed E-state index contributed by atoms with van der Waals surface area (Å²) in [5.41, 5.74) is 4.03. The second kappa shape index (κ2) is 4.13. The maximum Gasteiger partial charge on any atom is 0.174 e. The zero-order chi connectivity index (χ0) is 12.7. The molecular weight excluding hydrogens is 256 g/mol. The summed E-state index contributed by atoms with van der Waals surface area (Å²) in [6, 6.07) is 16.0. The molecule has 5 heteroatoms. The quantitative estimate of drug-likeness (QED) is 0.583. The van der Waals surface area contributed by atoms with Crippen molar-refractivity contribution in [2.75, 3.05) is 0 Å². The van der Waals surface area contributed by atoms with E-state index >= 15 is 0 Å². The maximum atomic E-state index is 4.53. The Balaban J connectivity index is 1.73. The van der Waals surface area contributed by atoms with Gasteiger partial charge in [-0.2, -0.15) is 0 Å². The van der Waals surface area contributed by atoms with E-state index in [0.29, 0.717) is 0 Å². The Hall–Kier alpha value is -2.27. The minimum absolute atomic E-state index is 0.847. The Morgan fingerprint density at radius 1 is 0.684 bits per heavy atom. The molecule has 4 nitrogen and oxygen atoms in total. The molecule has 0 saturated heterocycles. The van der Waals surface area contributed by atoms with Crippen LogP contribution in [0.4, 0.5) is 0 Å². The molecule has 0 radical (unpaired) electrons. The Kier molecular flexibility index (Phi) is 2.31.